The molecule has 22 heavy (non-hydrogen) atoms. The molecule has 0 aromatic carbocycles. The zero-order valence-corrected chi connectivity index (χ0v) is 12.9. The van der Waals surface area contributed by atoms with Gasteiger partial charge in [0.05, 0.1) is 23.6 Å². The van der Waals surface area contributed by atoms with Crippen LogP contribution in [-0.4, -0.2) is 43.1 Å². The first-order valence-electron chi connectivity index (χ1n) is 7.17. The monoisotopic (exact) mass is 317 g/mol. The second kappa shape index (κ2) is 5.36. The van der Waals surface area contributed by atoms with Crippen molar-refractivity contribution in [1.29, 1.82) is 0 Å². The van der Waals surface area contributed by atoms with Crippen molar-refractivity contribution >= 4 is 28.4 Å². The van der Waals surface area contributed by atoms with E-state index in [4.69, 9.17) is 4.74 Å². The summed E-state index contributed by atoms with van der Waals surface area (Å²) in [4.78, 5) is 21.2. The van der Waals surface area contributed by atoms with Gasteiger partial charge in [-0.25, -0.2) is 4.98 Å². The van der Waals surface area contributed by atoms with Crippen molar-refractivity contribution in [2.45, 2.75) is 30.6 Å². The van der Waals surface area contributed by atoms with Crippen molar-refractivity contribution < 1.29 is 4.74 Å². The van der Waals surface area contributed by atoms with Crippen LogP contribution in [0.5, 0.6) is 0 Å². The summed E-state index contributed by atoms with van der Waals surface area (Å²) in [5.74, 6) is 0.508. The molecule has 0 N–H and O–H groups in total. The Hall–Kier alpha value is -1.93. The number of hydrogen-bond donors (Lipinski definition) is 0. The van der Waals surface area contributed by atoms with E-state index in [1.807, 2.05) is 12.3 Å². The van der Waals surface area contributed by atoms with Gasteiger partial charge in [-0.3, -0.25) is 4.79 Å². The van der Waals surface area contributed by atoms with E-state index in [0.717, 1.165) is 25.0 Å². The van der Waals surface area contributed by atoms with Gasteiger partial charge in [0.2, 0.25) is 5.16 Å². The summed E-state index contributed by atoms with van der Waals surface area (Å²) in [6.45, 7) is 1.37. The second-order valence-electron chi connectivity index (χ2n) is 5.28. The number of aromatic nitrogens is 5. The molecular formula is C14H15N5O2S. The summed E-state index contributed by atoms with van der Waals surface area (Å²) < 4.78 is 8.92. The Morgan fingerprint density at radius 1 is 1.50 bits per heavy atom. The average Bonchev–Trinajstić information content (AvgIpc) is 3.18. The molecule has 0 aliphatic carbocycles. The lowest BCUT2D eigenvalue weighted by atomic mass is 10.2. The summed E-state index contributed by atoms with van der Waals surface area (Å²) in [6.07, 6.45) is 7.48. The summed E-state index contributed by atoms with van der Waals surface area (Å²) in [6, 6.07) is 1.89. The maximum Gasteiger partial charge on any atom is 0.261 e. The lowest BCUT2D eigenvalue weighted by Crippen LogP contribution is -2.26. The SMILES string of the molecule is CSc1nc2ncc3c(=O)n(C[C@@H]4CCCO4)ccc3n2n1. The zero-order valence-electron chi connectivity index (χ0n) is 12.1. The van der Waals surface area contributed by atoms with E-state index in [2.05, 4.69) is 15.1 Å². The van der Waals surface area contributed by atoms with Crippen molar-refractivity contribution in [1.82, 2.24) is 24.1 Å². The molecule has 1 aliphatic heterocycles. The first-order chi connectivity index (χ1) is 10.8. The van der Waals surface area contributed by atoms with Crippen LogP contribution in [0.2, 0.25) is 0 Å². The first kappa shape index (κ1) is 13.7. The number of nitrogens with zero attached hydrogens (tertiary/aromatic N) is 5. The first-order valence-corrected chi connectivity index (χ1v) is 8.39. The Morgan fingerprint density at radius 3 is 3.18 bits per heavy atom. The third kappa shape index (κ3) is 2.19. The number of hydrogen-bond acceptors (Lipinski definition) is 6. The summed E-state index contributed by atoms with van der Waals surface area (Å²) in [5, 5.41) is 5.56. The van der Waals surface area contributed by atoms with Gasteiger partial charge in [0, 0.05) is 19.0 Å². The molecule has 0 saturated carbocycles. The minimum atomic E-state index is -0.0661. The Bertz CT molecular complexity index is 897. The van der Waals surface area contributed by atoms with E-state index in [1.165, 1.54) is 11.8 Å². The van der Waals surface area contributed by atoms with Crippen molar-refractivity contribution in [2.75, 3.05) is 12.9 Å². The van der Waals surface area contributed by atoms with E-state index in [1.54, 1.807) is 21.5 Å². The molecule has 1 atom stereocenters. The molecule has 0 bridgehead atoms. The van der Waals surface area contributed by atoms with Crippen LogP contribution >= 0.6 is 11.8 Å². The Kier molecular flexibility index (Phi) is 3.34. The lowest BCUT2D eigenvalue weighted by molar-refractivity contribution is 0.0963. The zero-order chi connectivity index (χ0) is 15.1. The van der Waals surface area contributed by atoms with Crippen LogP contribution in [0, 0.1) is 0 Å². The van der Waals surface area contributed by atoms with E-state index in [-0.39, 0.29) is 11.7 Å². The molecule has 0 radical (unpaired) electrons. The van der Waals surface area contributed by atoms with Gasteiger partial charge in [-0.2, -0.15) is 9.50 Å². The molecule has 3 aromatic heterocycles. The predicted molar refractivity (Wildman–Crippen MR) is 83.3 cm³/mol. The summed E-state index contributed by atoms with van der Waals surface area (Å²) in [5.41, 5.74) is 0.662. The van der Waals surface area contributed by atoms with Crippen molar-refractivity contribution in [3.05, 3.63) is 28.8 Å². The van der Waals surface area contributed by atoms with Gasteiger partial charge < -0.3 is 9.30 Å². The minimum absolute atomic E-state index is 0.0661. The molecule has 0 amide bonds. The van der Waals surface area contributed by atoms with Crippen molar-refractivity contribution in [3.8, 4) is 0 Å². The average molecular weight is 317 g/mol. The van der Waals surface area contributed by atoms with Gasteiger partial charge in [-0.05, 0) is 25.2 Å². The molecule has 4 rings (SSSR count). The number of fused-ring (bicyclic) bond motifs is 3. The third-order valence-corrected chi connectivity index (χ3v) is 4.43. The van der Waals surface area contributed by atoms with Gasteiger partial charge in [-0.1, -0.05) is 11.8 Å². The highest BCUT2D eigenvalue weighted by Gasteiger charge is 2.17. The Balaban J connectivity index is 1.84. The van der Waals surface area contributed by atoms with Crippen LogP contribution in [0.15, 0.2) is 28.4 Å². The minimum Gasteiger partial charge on any atom is -0.376 e. The quantitative estimate of drug-likeness (QED) is 0.679. The van der Waals surface area contributed by atoms with E-state index in [9.17, 15) is 4.79 Å². The smallest absolute Gasteiger partial charge is 0.261 e. The number of thioether (sulfide) groups is 1. The predicted octanol–water partition coefficient (Wildman–Crippen LogP) is 1.34. The van der Waals surface area contributed by atoms with Crippen LogP contribution in [0.1, 0.15) is 12.8 Å². The van der Waals surface area contributed by atoms with Crippen molar-refractivity contribution in [2.24, 2.45) is 0 Å². The highest BCUT2D eigenvalue weighted by molar-refractivity contribution is 7.98. The van der Waals surface area contributed by atoms with E-state index in [0.29, 0.717) is 22.9 Å². The van der Waals surface area contributed by atoms with Crippen LogP contribution in [0.3, 0.4) is 0 Å². The summed E-state index contributed by atoms with van der Waals surface area (Å²) in [7, 11) is 0. The molecule has 1 aliphatic rings. The Morgan fingerprint density at radius 2 is 2.41 bits per heavy atom. The second-order valence-corrected chi connectivity index (χ2v) is 6.05. The summed E-state index contributed by atoms with van der Waals surface area (Å²) >= 11 is 1.45. The van der Waals surface area contributed by atoms with Crippen molar-refractivity contribution in [3.63, 3.8) is 0 Å². The van der Waals surface area contributed by atoms with Gasteiger partial charge in [-0.15, -0.1) is 5.10 Å². The molecule has 1 saturated heterocycles. The van der Waals surface area contributed by atoms with Crippen LogP contribution in [-0.2, 0) is 11.3 Å². The number of ether oxygens (including phenoxy) is 1. The van der Waals surface area contributed by atoms with Crippen LogP contribution in [0.4, 0.5) is 0 Å². The Labute approximate surface area is 130 Å². The van der Waals surface area contributed by atoms with Crippen LogP contribution in [0.25, 0.3) is 16.7 Å². The molecular weight excluding hydrogens is 302 g/mol. The van der Waals surface area contributed by atoms with Gasteiger partial charge >= 0.3 is 0 Å². The van der Waals surface area contributed by atoms with E-state index >= 15 is 0 Å². The van der Waals surface area contributed by atoms with Gasteiger partial charge in [0.25, 0.3) is 11.3 Å². The fraction of sp³-hybridized carbons (Fsp3) is 0.429. The lowest BCUT2D eigenvalue weighted by Gasteiger charge is -2.12. The molecule has 4 heterocycles. The molecule has 0 unspecified atom stereocenters. The van der Waals surface area contributed by atoms with Crippen LogP contribution < -0.4 is 5.56 Å². The molecule has 3 aromatic rings. The largest absolute Gasteiger partial charge is 0.376 e. The van der Waals surface area contributed by atoms with Gasteiger partial charge in [0.1, 0.15) is 0 Å². The third-order valence-electron chi connectivity index (χ3n) is 3.89. The fourth-order valence-corrected chi connectivity index (χ4v) is 3.12. The molecule has 0 spiro atoms. The highest BCUT2D eigenvalue weighted by atomic mass is 32.2. The number of pyridine rings is 1. The molecule has 114 valence electrons. The number of rotatable bonds is 3. The highest BCUT2D eigenvalue weighted by Crippen LogP contribution is 2.16. The fourth-order valence-electron chi connectivity index (χ4n) is 2.78. The molecule has 1 fully saturated rings. The standard InChI is InChI=1S/C14H15N5O2S/c1-22-14-16-13-15-7-10-11(19(13)17-14)4-5-18(12(10)20)8-9-3-2-6-21-9/h4-5,7,9H,2-3,6,8H2,1H3/t9-/m0/s1. The molecule has 7 nitrogen and oxygen atoms in total. The topological polar surface area (TPSA) is 74.3 Å². The maximum absolute atomic E-state index is 12.6. The molecule has 8 heteroatoms. The normalized spacial score (nSPS) is 18.5. The van der Waals surface area contributed by atoms with E-state index < -0.39 is 0 Å². The van der Waals surface area contributed by atoms with Gasteiger partial charge in [0.15, 0.2) is 0 Å². The maximum atomic E-state index is 12.6.